The van der Waals surface area contributed by atoms with Crippen molar-refractivity contribution in [2.75, 3.05) is 18.1 Å². The van der Waals surface area contributed by atoms with E-state index >= 15 is 0 Å². The highest BCUT2D eigenvalue weighted by molar-refractivity contribution is 7.99. The molecule has 0 saturated heterocycles. The first-order valence-corrected chi connectivity index (χ1v) is 10.0. The lowest BCUT2D eigenvalue weighted by molar-refractivity contribution is -0.120. The maximum atomic E-state index is 11.8. The molecule has 1 N–H and O–H groups in total. The number of rotatable bonds is 9. The summed E-state index contributed by atoms with van der Waals surface area (Å²) < 4.78 is 0. The molecule has 0 aliphatic carbocycles. The smallest absolute Gasteiger partial charge is 0.220 e. The van der Waals surface area contributed by atoms with Gasteiger partial charge in [0.25, 0.3) is 0 Å². The van der Waals surface area contributed by atoms with Gasteiger partial charge in [0.15, 0.2) is 0 Å². The number of carbonyl (C=O) groups is 1. The Bertz CT molecular complexity index is 590. The molecule has 2 aromatic rings. The first-order valence-electron chi connectivity index (χ1n) is 7.51. The van der Waals surface area contributed by atoms with Gasteiger partial charge < -0.3 is 5.32 Å². The van der Waals surface area contributed by atoms with Gasteiger partial charge in [-0.05, 0) is 29.8 Å². The Morgan fingerprint density at radius 3 is 2.48 bits per heavy atom. The lowest BCUT2D eigenvalue weighted by atomic mass is 10.2. The zero-order valence-electron chi connectivity index (χ0n) is 12.8. The molecule has 2 nitrogen and oxygen atoms in total. The first kappa shape index (κ1) is 18.2. The number of amides is 1. The van der Waals surface area contributed by atoms with Crippen molar-refractivity contribution in [3.05, 3.63) is 65.2 Å². The van der Waals surface area contributed by atoms with Crippen LogP contribution in [0, 0.1) is 0 Å². The molecule has 2 aromatic carbocycles. The molecule has 0 heterocycles. The van der Waals surface area contributed by atoms with E-state index < -0.39 is 0 Å². The van der Waals surface area contributed by atoms with Gasteiger partial charge in [-0.3, -0.25) is 4.79 Å². The maximum Gasteiger partial charge on any atom is 0.220 e. The molecule has 122 valence electrons. The Morgan fingerprint density at radius 1 is 1.00 bits per heavy atom. The highest BCUT2D eigenvalue weighted by atomic mass is 35.5. The van der Waals surface area contributed by atoms with Gasteiger partial charge in [0.05, 0.1) is 0 Å². The predicted molar refractivity (Wildman–Crippen MR) is 102 cm³/mol. The second-order valence-corrected chi connectivity index (χ2v) is 7.65. The van der Waals surface area contributed by atoms with Crippen LogP contribution < -0.4 is 5.32 Å². The standard InChI is InChI=1S/C18H20ClNOS2/c19-16-6-8-17(9-7-16)23-13-11-20-18(21)10-12-22-14-15-4-2-1-3-5-15/h1-9H,10-14H2,(H,20,21). The van der Waals surface area contributed by atoms with Crippen molar-refractivity contribution in [2.24, 2.45) is 0 Å². The molecule has 0 aliphatic heterocycles. The van der Waals surface area contributed by atoms with Crippen LogP contribution in [0.5, 0.6) is 0 Å². The van der Waals surface area contributed by atoms with E-state index in [4.69, 9.17) is 11.6 Å². The van der Waals surface area contributed by atoms with E-state index in [2.05, 4.69) is 17.4 Å². The molecule has 5 heteroatoms. The summed E-state index contributed by atoms with van der Waals surface area (Å²) in [6.45, 7) is 0.690. The number of hydrogen-bond acceptors (Lipinski definition) is 3. The third kappa shape index (κ3) is 7.82. The van der Waals surface area contributed by atoms with E-state index in [0.717, 1.165) is 22.3 Å². The molecule has 0 unspecified atom stereocenters. The summed E-state index contributed by atoms with van der Waals surface area (Å²) in [6.07, 6.45) is 0.573. The lowest BCUT2D eigenvalue weighted by Gasteiger charge is -2.06. The summed E-state index contributed by atoms with van der Waals surface area (Å²) >= 11 is 9.36. The fraction of sp³-hybridized carbons (Fsp3) is 0.278. The Kier molecular flexibility index (Phi) is 8.43. The fourth-order valence-electron chi connectivity index (χ4n) is 1.91. The average molecular weight is 366 g/mol. The van der Waals surface area contributed by atoms with Crippen molar-refractivity contribution in [1.29, 1.82) is 0 Å². The molecule has 0 aromatic heterocycles. The summed E-state index contributed by atoms with van der Waals surface area (Å²) in [7, 11) is 0. The van der Waals surface area contributed by atoms with Gasteiger partial charge in [0, 0.05) is 40.1 Å². The van der Waals surface area contributed by atoms with Gasteiger partial charge in [-0.15, -0.1) is 11.8 Å². The Labute approximate surface area is 151 Å². The molecule has 0 atom stereocenters. The van der Waals surface area contributed by atoms with Crippen LogP contribution in [-0.2, 0) is 10.5 Å². The van der Waals surface area contributed by atoms with Crippen LogP contribution in [-0.4, -0.2) is 24.0 Å². The number of thioether (sulfide) groups is 2. The summed E-state index contributed by atoms with van der Waals surface area (Å²) in [5, 5.41) is 3.71. The van der Waals surface area contributed by atoms with Crippen LogP contribution in [0.2, 0.25) is 5.02 Å². The second kappa shape index (κ2) is 10.6. The van der Waals surface area contributed by atoms with Gasteiger partial charge >= 0.3 is 0 Å². The highest BCUT2D eigenvalue weighted by Gasteiger charge is 2.01. The van der Waals surface area contributed by atoms with E-state index in [1.165, 1.54) is 10.5 Å². The largest absolute Gasteiger partial charge is 0.355 e. The van der Waals surface area contributed by atoms with Crippen LogP contribution in [0.4, 0.5) is 0 Å². The van der Waals surface area contributed by atoms with Crippen LogP contribution in [0.1, 0.15) is 12.0 Å². The SMILES string of the molecule is O=C(CCSCc1ccccc1)NCCSc1ccc(Cl)cc1. The molecule has 0 spiro atoms. The summed E-state index contributed by atoms with van der Waals surface area (Å²) in [4.78, 5) is 12.9. The van der Waals surface area contributed by atoms with Crippen molar-refractivity contribution >= 4 is 41.0 Å². The molecule has 23 heavy (non-hydrogen) atoms. The van der Waals surface area contributed by atoms with Gasteiger partial charge in [0.1, 0.15) is 0 Å². The third-order valence-corrected chi connectivity index (χ3v) is 5.39. The van der Waals surface area contributed by atoms with Crippen molar-refractivity contribution in [1.82, 2.24) is 5.32 Å². The molecular weight excluding hydrogens is 346 g/mol. The van der Waals surface area contributed by atoms with Crippen molar-refractivity contribution in [3.63, 3.8) is 0 Å². The Morgan fingerprint density at radius 2 is 1.74 bits per heavy atom. The molecule has 0 fully saturated rings. The normalized spacial score (nSPS) is 10.5. The molecule has 1 amide bonds. The van der Waals surface area contributed by atoms with Crippen LogP contribution in [0.15, 0.2) is 59.5 Å². The number of hydrogen-bond donors (Lipinski definition) is 1. The van der Waals surface area contributed by atoms with E-state index in [1.54, 1.807) is 23.5 Å². The van der Waals surface area contributed by atoms with Gasteiger partial charge in [-0.2, -0.15) is 11.8 Å². The van der Waals surface area contributed by atoms with Crippen molar-refractivity contribution in [2.45, 2.75) is 17.1 Å². The predicted octanol–water partition coefficient (Wildman–Crippen LogP) is 4.87. The van der Waals surface area contributed by atoms with E-state index in [-0.39, 0.29) is 5.91 Å². The molecule has 0 aliphatic rings. The molecule has 0 bridgehead atoms. The molecule has 0 radical (unpaired) electrons. The number of nitrogens with one attached hydrogen (secondary N) is 1. The number of halogens is 1. The van der Waals surface area contributed by atoms with Crippen molar-refractivity contribution < 1.29 is 4.79 Å². The number of benzene rings is 2. The summed E-state index contributed by atoms with van der Waals surface area (Å²) in [6, 6.07) is 18.1. The van der Waals surface area contributed by atoms with Crippen LogP contribution >= 0.6 is 35.1 Å². The topological polar surface area (TPSA) is 29.1 Å². The van der Waals surface area contributed by atoms with Crippen LogP contribution in [0.3, 0.4) is 0 Å². The minimum Gasteiger partial charge on any atom is -0.355 e. The van der Waals surface area contributed by atoms with Crippen molar-refractivity contribution in [3.8, 4) is 0 Å². The van der Waals surface area contributed by atoms with E-state index in [0.29, 0.717) is 13.0 Å². The lowest BCUT2D eigenvalue weighted by Crippen LogP contribution is -2.25. The minimum absolute atomic E-state index is 0.127. The highest BCUT2D eigenvalue weighted by Crippen LogP contribution is 2.19. The molecule has 0 saturated carbocycles. The minimum atomic E-state index is 0.127. The zero-order valence-corrected chi connectivity index (χ0v) is 15.2. The second-order valence-electron chi connectivity index (χ2n) is 4.94. The zero-order chi connectivity index (χ0) is 16.3. The number of carbonyl (C=O) groups excluding carboxylic acids is 1. The van der Waals surface area contributed by atoms with E-state index in [1.807, 2.05) is 42.5 Å². The van der Waals surface area contributed by atoms with Crippen LogP contribution in [0.25, 0.3) is 0 Å². The first-order chi connectivity index (χ1) is 11.2. The van der Waals surface area contributed by atoms with Gasteiger partial charge in [-0.1, -0.05) is 41.9 Å². The van der Waals surface area contributed by atoms with Gasteiger partial charge in [-0.25, -0.2) is 0 Å². The average Bonchev–Trinajstić information content (AvgIpc) is 2.58. The Balaban J connectivity index is 1.51. The fourth-order valence-corrected chi connectivity index (χ4v) is 3.70. The van der Waals surface area contributed by atoms with E-state index in [9.17, 15) is 4.79 Å². The Hall–Kier alpha value is -1.10. The summed E-state index contributed by atoms with van der Waals surface area (Å²) in [5.74, 6) is 2.80. The third-order valence-electron chi connectivity index (χ3n) is 3.09. The quantitative estimate of drug-likeness (QED) is 0.507. The summed E-state index contributed by atoms with van der Waals surface area (Å²) in [5.41, 5.74) is 1.30. The molecular formula is C18H20ClNOS2. The monoisotopic (exact) mass is 365 g/mol. The molecule has 2 rings (SSSR count). The maximum absolute atomic E-state index is 11.8. The van der Waals surface area contributed by atoms with Gasteiger partial charge in [0.2, 0.25) is 5.91 Å².